The molecule has 0 aliphatic carbocycles. The number of hydrogen-bond donors (Lipinski definition) is 2. The van der Waals surface area contributed by atoms with Crippen molar-refractivity contribution < 1.29 is 14.8 Å². The molecular formula is C20H23N2O2+. The highest BCUT2D eigenvalue weighted by Gasteiger charge is 2.44. The maximum atomic E-state index is 12.5. The van der Waals surface area contributed by atoms with Crippen LogP contribution in [0.5, 0.6) is 0 Å². The van der Waals surface area contributed by atoms with Crippen LogP contribution in [0.1, 0.15) is 36.6 Å². The Morgan fingerprint density at radius 3 is 2.25 bits per heavy atom. The van der Waals surface area contributed by atoms with Gasteiger partial charge in [0.25, 0.3) is 0 Å². The van der Waals surface area contributed by atoms with Gasteiger partial charge in [0.05, 0.1) is 6.61 Å². The maximum absolute atomic E-state index is 12.5. The van der Waals surface area contributed by atoms with E-state index < -0.39 is 5.92 Å². The van der Waals surface area contributed by atoms with Gasteiger partial charge < -0.3 is 15.5 Å². The van der Waals surface area contributed by atoms with Crippen LogP contribution in [-0.2, 0) is 9.53 Å². The number of nitrogens with two attached hydrogens (primary N) is 1. The smallest absolute Gasteiger partial charge is 0.321 e. The lowest BCUT2D eigenvalue weighted by atomic mass is 9.80. The predicted molar refractivity (Wildman–Crippen MR) is 92.8 cm³/mol. The van der Waals surface area contributed by atoms with Gasteiger partial charge in [-0.15, -0.1) is 0 Å². The third-order valence-electron chi connectivity index (χ3n) is 4.57. The van der Waals surface area contributed by atoms with E-state index in [9.17, 15) is 4.79 Å². The summed E-state index contributed by atoms with van der Waals surface area (Å²) in [4.78, 5) is 12.5. The second-order valence-corrected chi connectivity index (χ2v) is 6.11. The van der Waals surface area contributed by atoms with Gasteiger partial charge in [-0.2, -0.15) is 0 Å². The van der Waals surface area contributed by atoms with E-state index in [-0.39, 0.29) is 18.1 Å². The summed E-state index contributed by atoms with van der Waals surface area (Å²) < 4.78 is 5.24. The van der Waals surface area contributed by atoms with E-state index in [1.54, 1.807) is 6.92 Å². The van der Waals surface area contributed by atoms with Gasteiger partial charge in [0, 0.05) is 23.3 Å². The average Bonchev–Trinajstić information content (AvgIpc) is 2.62. The molecule has 0 spiro atoms. The van der Waals surface area contributed by atoms with Gasteiger partial charge in [-0.25, -0.2) is 0 Å². The Morgan fingerprint density at radius 1 is 1.08 bits per heavy atom. The number of rotatable bonds is 4. The SMILES string of the molecule is CCOC(=O)[C@@H]1C(=N)C[C@@H](c2ccccc2)[NH2+][C@@H]1c1ccccc1. The van der Waals surface area contributed by atoms with E-state index in [1.165, 1.54) is 5.56 Å². The zero-order chi connectivity index (χ0) is 16.9. The number of piperidine rings is 1. The molecule has 0 radical (unpaired) electrons. The number of ether oxygens (including phenoxy) is 1. The molecule has 1 aliphatic rings. The van der Waals surface area contributed by atoms with Crippen LogP contribution in [-0.4, -0.2) is 18.3 Å². The van der Waals surface area contributed by atoms with Crippen LogP contribution < -0.4 is 5.32 Å². The number of quaternary nitrogens is 1. The maximum Gasteiger partial charge on any atom is 0.321 e. The van der Waals surface area contributed by atoms with E-state index in [0.717, 1.165) is 5.56 Å². The average molecular weight is 323 g/mol. The van der Waals surface area contributed by atoms with E-state index in [2.05, 4.69) is 17.4 Å². The van der Waals surface area contributed by atoms with Crippen molar-refractivity contribution >= 4 is 11.7 Å². The highest BCUT2D eigenvalue weighted by atomic mass is 16.5. The largest absolute Gasteiger partial charge is 0.465 e. The first kappa shape index (κ1) is 16.4. The lowest BCUT2D eigenvalue weighted by Crippen LogP contribution is -2.90. The second kappa shape index (κ2) is 7.41. The van der Waals surface area contributed by atoms with Crippen molar-refractivity contribution in [3.63, 3.8) is 0 Å². The van der Waals surface area contributed by atoms with Crippen LogP contribution in [0, 0.1) is 11.3 Å². The van der Waals surface area contributed by atoms with Gasteiger partial charge in [-0.05, 0) is 6.92 Å². The predicted octanol–water partition coefficient (Wildman–Crippen LogP) is 2.64. The monoisotopic (exact) mass is 323 g/mol. The molecule has 2 aromatic carbocycles. The molecule has 0 amide bonds. The molecule has 3 atom stereocenters. The lowest BCUT2D eigenvalue weighted by Gasteiger charge is -2.34. The molecular weight excluding hydrogens is 300 g/mol. The molecule has 3 rings (SSSR count). The van der Waals surface area contributed by atoms with E-state index in [0.29, 0.717) is 18.7 Å². The summed E-state index contributed by atoms with van der Waals surface area (Å²) in [5, 5.41) is 10.7. The molecule has 124 valence electrons. The molecule has 0 saturated carbocycles. The second-order valence-electron chi connectivity index (χ2n) is 6.11. The first-order valence-electron chi connectivity index (χ1n) is 8.39. The van der Waals surface area contributed by atoms with Gasteiger partial charge >= 0.3 is 5.97 Å². The molecule has 24 heavy (non-hydrogen) atoms. The minimum Gasteiger partial charge on any atom is -0.465 e. The molecule has 2 aromatic rings. The van der Waals surface area contributed by atoms with Crippen LogP contribution >= 0.6 is 0 Å². The molecule has 0 aromatic heterocycles. The van der Waals surface area contributed by atoms with Crippen molar-refractivity contribution in [3.05, 3.63) is 71.8 Å². The van der Waals surface area contributed by atoms with Crippen LogP contribution in [0.2, 0.25) is 0 Å². The Balaban J connectivity index is 1.93. The molecule has 1 saturated heterocycles. The van der Waals surface area contributed by atoms with Gasteiger partial charge in [-0.1, -0.05) is 60.7 Å². The first-order valence-corrected chi connectivity index (χ1v) is 8.39. The minimum absolute atomic E-state index is 0.128. The normalized spacial score (nSPS) is 23.7. The van der Waals surface area contributed by atoms with Gasteiger partial charge in [0.15, 0.2) is 5.92 Å². The highest BCUT2D eigenvalue weighted by molar-refractivity contribution is 6.01. The van der Waals surface area contributed by atoms with Crippen molar-refractivity contribution in [1.82, 2.24) is 0 Å². The number of esters is 1. The van der Waals surface area contributed by atoms with Crippen LogP contribution in [0.15, 0.2) is 60.7 Å². The third kappa shape index (κ3) is 3.39. The summed E-state index contributed by atoms with van der Waals surface area (Å²) in [6.07, 6.45) is 0.566. The number of benzene rings is 2. The zero-order valence-corrected chi connectivity index (χ0v) is 13.8. The summed E-state index contributed by atoms with van der Waals surface area (Å²) in [5.74, 6) is -0.813. The zero-order valence-electron chi connectivity index (χ0n) is 13.8. The summed E-state index contributed by atoms with van der Waals surface area (Å²) >= 11 is 0. The Hall–Kier alpha value is -2.46. The summed E-state index contributed by atoms with van der Waals surface area (Å²) in [7, 11) is 0. The van der Waals surface area contributed by atoms with Gasteiger partial charge in [0.2, 0.25) is 0 Å². The van der Waals surface area contributed by atoms with Gasteiger partial charge in [-0.3, -0.25) is 4.79 Å². The Labute approximate surface area is 142 Å². The minimum atomic E-state index is -0.521. The summed E-state index contributed by atoms with van der Waals surface area (Å²) in [6, 6.07) is 20.2. The Morgan fingerprint density at radius 2 is 1.67 bits per heavy atom. The third-order valence-corrected chi connectivity index (χ3v) is 4.57. The number of carbonyl (C=O) groups is 1. The molecule has 1 heterocycles. The van der Waals surface area contributed by atoms with Crippen molar-refractivity contribution in [2.75, 3.05) is 6.61 Å². The van der Waals surface area contributed by atoms with E-state index >= 15 is 0 Å². The molecule has 4 nitrogen and oxygen atoms in total. The van der Waals surface area contributed by atoms with Crippen LogP contribution in [0.25, 0.3) is 0 Å². The number of nitrogens with one attached hydrogen (secondary N) is 1. The standard InChI is InChI=1S/C20H22N2O2/c1-2-24-20(23)18-16(21)13-17(14-9-5-3-6-10-14)22-19(18)15-11-7-4-8-12-15/h3-12,17-19,21-22H,2,13H2,1H3/p+1/t17-,18+,19+/m0/s1. The molecule has 1 aliphatic heterocycles. The molecule has 0 unspecified atom stereocenters. The van der Waals surface area contributed by atoms with E-state index in [4.69, 9.17) is 10.1 Å². The summed E-state index contributed by atoms with van der Waals surface area (Å²) in [5.41, 5.74) is 2.70. The van der Waals surface area contributed by atoms with Crippen molar-refractivity contribution in [1.29, 1.82) is 5.41 Å². The van der Waals surface area contributed by atoms with Crippen molar-refractivity contribution in [2.24, 2.45) is 5.92 Å². The number of carbonyl (C=O) groups excluding carboxylic acids is 1. The van der Waals surface area contributed by atoms with Crippen molar-refractivity contribution in [2.45, 2.75) is 25.4 Å². The molecule has 1 fully saturated rings. The quantitative estimate of drug-likeness (QED) is 0.850. The Bertz CT molecular complexity index is 700. The Kier molecular flexibility index (Phi) is 5.06. The molecule has 3 N–H and O–H groups in total. The molecule has 0 bridgehead atoms. The lowest BCUT2D eigenvalue weighted by molar-refractivity contribution is -0.740. The van der Waals surface area contributed by atoms with Gasteiger partial charge in [0.1, 0.15) is 12.1 Å². The summed E-state index contributed by atoms with van der Waals surface area (Å²) in [6.45, 7) is 2.14. The van der Waals surface area contributed by atoms with Crippen LogP contribution in [0.3, 0.4) is 0 Å². The van der Waals surface area contributed by atoms with E-state index in [1.807, 2.05) is 48.5 Å². The fourth-order valence-electron chi connectivity index (χ4n) is 3.44. The topological polar surface area (TPSA) is 66.8 Å². The first-order chi connectivity index (χ1) is 11.7. The van der Waals surface area contributed by atoms with Crippen molar-refractivity contribution in [3.8, 4) is 0 Å². The molecule has 4 heteroatoms. The fraction of sp³-hybridized carbons (Fsp3) is 0.300. The number of hydrogen-bond acceptors (Lipinski definition) is 3. The van der Waals surface area contributed by atoms with Crippen LogP contribution in [0.4, 0.5) is 0 Å². The highest BCUT2D eigenvalue weighted by Crippen LogP contribution is 2.30. The fourth-order valence-corrected chi connectivity index (χ4v) is 3.44.